The molecule has 0 aromatic heterocycles. The number of carbonyl (C=O) groups excluding carboxylic acids is 4. The molecule has 0 radical (unpaired) electrons. The Kier molecular flexibility index (Phi) is 5.62. The highest BCUT2D eigenvalue weighted by Gasteiger charge is 2.18. The molecule has 2 aromatic rings. The van der Waals surface area contributed by atoms with Crippen LogP contribution < -0.4 is 10.6 Å². The van der Waals surface area contributed by atoms with Crippen molar-refractivity contribution in [1.29, 1.82) is 0 Å². The fraction of sp³-hybridized carbons (Fsp3) is 0.111. The van der Waals surface area contributed by atoms with E-state index in [0.717, 1.165) is 0 Å². The third kappa shape index (κ3) is 4.51. The van der Waals surface area contributed by atoms with Gasteiger partial charge in [-0.3, -0.25) is 14.4 Å². The summed E-state index contributed by atoms with van der Waals surface area (Å²) in [5.74, 6) is -2.68. The number of Topliss-reactive ketones (excluding diaryl/α,β-unsaturated/α-hetero) is 1. The molecule has 0 aliphatic rings. The molecule has 7 nitrogen and oxygen atoms in total. The van der Waals surface area contributed by atoms with Crippen LogP contribution in [0.25, 0.3) is 0 Å². The zero-order chi connectivity index (χ0) is 18.4. The van der Waals surface area contributed by atoms with Crippen LogP contribution in [0.2, 0.25) is 0 Å². The second kappa shape index (κ2) is 7.87. The van der Waals surface area contributed by atoms with Gasteiger partial charge in [-0.25, -0.2) is 4.79 Å². The first-order valence-corrected chi connectivity index (χ1v) is 7.33. The number of ketones is 1. The third-order valence-electron chi connectivity index (χ3n) is 3.31. The van der Waals surface area contributed by atoms with Crippen LogP contribution in [0.1, 0.15) is 27.6 Å². The second-order valence-corrected chi connectivity index (χ2v) is 5.08. The predicted octanol–water partition coefficient (Wildman–Crippen LogP) is 2.25. The van der Waals surface area contributed by atoms with Gasteiger partial charge in [0.2, 0.25) is 0 Å². The Bertz CT molecular complexity index is 845. The van der Waals surface area contributed by atoms with Crippen molar-refractivity contribution in [2.45, 2.75) is 6.92 Å². The molecule has 0 spiro atoms. The van der Waals surface area contributed by atoms with E-state index in [1.165, 1.54) is 32.2 Å². The SMILES string of the molecule is COC(=O)c1ccccc1NC(=O)C(=O)Nc1cccc(C(C)=O)c1. The quantitative estimate of drug-likeness (QED) is 0.505. The molecule has 0 fully saturated rings. The van der Waals surface area contributed by atoms with Gasteiger partial charge in [0, 0.05) is 11.3 Å². The molecule has 0 heterocycles. The molecule has 2 rings (SSSR count). The highest BCUT2D eigenvalue weighted by atomic mass is 16.5. The van der Waals surface area contributed by atoms with Gasteiger partial charge >= 0.3 is 17.8 Å². The van der Waals surface area contributed by atoms with E-state index in [1.807, 2.05) is 0 Å². The first kappa shape index (κ1) is 17.9. The summed E-state index contributed by atoms with van der Waals surface area (Å²) in [7, 11) is 1.22. The Balaban J connectivity index is 2.11. The molecular formula is C18H16N2O5. The van der Waals surface area contributed by atoms with Gasteiger partial charge in [-0.15, -0.1) is 0 Å². The standard InChI is InChI=1S/C18H16N2O5/c1-11(21)12-6-5-7-13(10-12)19-16(22)17(23)20-15-9-4-3-8-14(15)18(24)25-2/h3-10H,1-2H3,(H,19,22)(H,20,23). The molecule has 0 saturated heterocycles. The van der Waals surface area contributed by atoms with Crippen molar-refractivity contribution in [3.63, 3.8) is 0 Å². The lowest BCUT2D eigenvalue weighted by Gasteiger charge is -2.10. The number of hydrogen-bond acceptors (Lipinski definition) is 5. The van der Waals surface area contributed by atoms with E-state index in [4.69, 9.17) is 0 Å². The number of ether oxygens (including phenoxy) is 1. The van der Waals surface area contributed by atoms with Gasteiger partial charge in [0.1, 0.15) is 0 Å². The van der Waals surface area contributed by atoms with Crippen molar-refractivity contribution in [2.75, 3.05) is 17.7 Å². The highest BCUT2D eigenvalue weighted by molar-refractivity contribution is 6.44. The number of nitrogens with one attached hydrogen (secondary N) is 2. The second-order valence-electron chi connectivity index (χ2n) is 5.08. The molecule has 0 saturated carbocycles. The Hall–Kier alpha value is -3.48. The molecule has 0 aliphatic carbocycles. The van der Waals surface area contributed by atoms with E-state index in [9.17, 15) is 19.2 Å². The Morgan fingerprint density at radius 3 is 2.24 bits per heavy atom. The van der Waals surface area contributed by atoms with Crippen LogP contribution in [-0.4, -0.2) is 30.7 Å². The maximum absolute atomic E-state index is 12.1. The minimum atomic E-state index is -0.954. The topological polar surface area (TPSA) is 102 Å². The number of anilines is 2. The summed E-state index contributed by atoms with van der Waals surface area (Å²) in [6.45, 7) is 1.40. The van der Waals surface area contributed by atoms with E-state index in [1.54, 1.807) is 30.3 Å². The maximum Gasteiger partial charge on any atom is 0.339 e. The number of hydrogen-bond donors (Lipinski definition) is 2. The zero-order valence-electron chi connectivity index (χ0n) is 13.7. The summed E-state index contributed by atoms with van der Waals surface area (Å²) in [6.07, 6.45) is 0. The molecule has 0 atom stereocenters. The molecule has 0 bridgehead atoms. The van der Waals surface area contributed by atoms with Crippen LogP contribution in [0.15, 0.2) is 48.5 Å². The van der Waals surface area contributed by atoms with Gasteiger partial charge in [0.25, 0.3) is 0 Å². The van der Waals surface area contributed by atoms with Crippen molar-refractivity contribution in [1.82, 2.24) is 0 Å². The molecule has 2 amide bonds. The average molecular weight is 340 g/mol. The largest absolute Gasteiger partial charge is 0.465 e. The highest BCUT2D eigenvalue weighted by Crippen LogP contribution is 2.16. The Morgan fingerprint density at radius 2 is 1.56 bits per heavy atom. The number of para-hydroxylation sites is 1. The van der Waals surface area contributed by atoms with E-state index >= 15 is 0 Å². The third-order valence-corrected chi connectivity index (χ3v) is 3.31. The summed E-state index contributed by atoms with van der Waals surface area (Å²) >= 11 is 0. The Morgan fingerprint density at radius 1 is 0.880 bits per heavy atom. The van der Waals surface area contributed by atoms with Crippen molar-refractivity contribution in [3.8, 4) is 0 Å². The number of benzene rings is 2. The molecule has 2 N–H and O–H groups in total. The van der Waals surface area contributed by atoms with Gasteiger partial charge < -0.3 is 15.4 Å². The van der Waals surface area contributed by atoms with Crippen molar-refractivity contribution >= 4 is 34.9 Å². The Labute approximate surface area is 144 Å². The normalized spacial score (nSPS) is 9.84. The predicted molar refractivity (Wildman–Crippen MR) is 91.5 cm³/mol. The maximum atomic E-state index is 12.1. The van der Waals surface area contributed by atoms with Crippen molar-refractivity contribution in [2.24, 2.45) is 0 Å². The number of carbonyl (C=O) groups is 4. The van der Waals surface area contributed by atoms with Crippen molar-refractivity contribution in [3.05, 3.63) is 59.7 Å². The number of methoxy groups -OCH3 is 1. The van der Waals surface area contributed by atoms with E-state index < -0.39 is 17.8 Å². The first-order valence-electron chi connectivity index (χ1n) is 7.33. The molecule has 25 heavy (non-hydrogen) atoms. The first-order chi connectivity index (χ1) is 11.9. The lowest BCUT2D eigenvalue weighted by molar-refractivity contribution is -0.133. The number of esters is 1. The molecular weight excluding hydrogens is 324 g/mol. The summed E-state index contributed by atoms with van der Waals surface area (Å²) in [4.78, 5) is 47.1. The van der Waals surface area contributed by atoms with E-state index in [2.05, 4.69) is 15.4 Å². The summed E-state index contributed by atoms with van der Waals surface area (Å²) in [5, 5.41) is 4.76. The van der Waals surface area contributed by atoms with Gasteiger partial charge in [0.05, 0.1) is 18.4 Å². The van der Waals surface area contributed by atoms with Gasteiger partial charge in [-0.05, 0) is 31.2 Å². The lowest BCUT2D eigenvalue weighted by Crippen LogP contribution is -2.29. The van der Waals surface area contributed by atoms with E-state index in [-0.39, 0.29) is 17.0 Å². The summed E-state index contributed by atoms with van der Waals surface area (Å²) in [5.41, 5.74) is 1.01. The number of rotatable bonds is 4. The lowest BCUT2D eigenvalue weighted by atomic mass is 10.1. The summed E-state index contributed by atoms with van der Waals surface area (Å²) < 4.78 is 4.63. The van der Waals surface area contributed by atoms with Gasteiger partial charge in [-0.2, -0.15) is 0 Å². The summed E-state index contributed by atoms with van der Waals surface area (Å²) in [6, 6.07) is 12.4. The minimum absolute atomic E-state index is 0.129. The smallest absolute Gasteiger partial charge is 0.339 e. The molecule has 2 aromatic carbocycles. The molecule has 128 valence electrons. The molecule has 0 aliphatic heterocycles. The molecule has 7 heteroatoms. The van der Waals surface area contributed by atoms with Crippen LogP contribution in [0.4, 0.5) is 11.4 Å². The molecule has 0 unspecified atom stereocenters. The van der Waals surface area contributed by atoms with Crippen LogP contribution in [0, 0.1) is 0 Å². The van der Waals surface area contributed by atoms with Crippen LogP contribution >= 0.6 is 0 Å². The monoisotopic (exact) mass is 340 g/mol. The van der Waals surface area contributed by atoms with Crippen LogP contribution in [0.3, 0.4) is 0 Å². The van der Waals surface area contributed by atoms with Gasteiger partial charge in [-0.1, -0.05) is 24.3 Å². The fourth-order valence-corrected chi connectivity index (χ4v) is 2.06. The fourth-order valence-electron chi connectivity index (χ4n) is 2.06. The average Bonchev–Trinajstić information content (AvgIpc) is 2.61. The van der Waals surface area contributed by atoms with E-state index in [0.29, 0.717) is 11.3 Å². The van der Waals surface area contributed by atoms with Gasteiger partial charge in [0.15, 0.2) is 5.78 Å². The van der Waals surface area contributed by atoms with Crippen molar-refractivity contribution < 1.29 is 23.9 Å². The number of amides is 2. The zero-order valence-corrected chi connectivity index (χ0v) is 13.7. The van der Waals surface area contributed by atoms with Crippen LogP contribution in [-0.2, 0) is 14.3 Å². The van der Waals surface area contributed by atoms with Crippen LogP contribution in [0.5, 0.6) is 0 Å². The minimum Gasteiger partial charge on any atom is -0.465 e.